The van der Waals surface area contributed by atoms with Gasteiger partial charge in [-0.25, -0.2) is 0 Å². The zero-order valence-corrected chi connectivity index (χ0v) is 12.2. The van der Waals surface area contributed by atoms with Crippen LogP contribution in [0.25, 0.3) is 0 Å². The van der Waals surface area contributed by atoms with Gasteiger partial charge in [0.1, 0.15) is 11.6 Å². The van der Waals surface area contributed by atoms with Gasteiger partial charge in [0.15, 0.2) is 0 Å². The number of hydrogen-bond acceptors (Lipinski definition) is 6. The van der Waals surface area contributed by atoms with Crippen LogP contribution in [0, 0.1) is 0 Å². The smallest absolute Gasteiger partial charge is 0.257 e. The van der Waals surface area contributed by atoms with Crippen LogP contribution < -0.4 is 10.5 Å². The van der Waals surface area contributed by atoms with E-state index in [1.165, 1.54) is 19.5 Å². The predicted molar refractivity (Wildman–Crippen MR) is 76.6 cm³/mol. The fourth-order valence-electron chi connectivity index (χ4n) is 1.71. The molecule has 116 valence electrons. The zero-order valence-electron chi connectivity index (χ0n) is 12.2. The molecule has 1 aromatic rings. The molecule has 0 bridgehead atoms. The normalized spacial score (nSPS) is 11.2. The lowest BCUT2D eigenvalue weighted by Gasteiger charge is -2.23. The van der Waals surface area contributed by atoms with E-state index in [-0.39, 0.29) is 18.2 Å². The topological polar surface area (TPSA) is 110 Å². The number of hydrogen-bond donors (Lipinski definition) is 2. The Morgan fingerprint density at radius 2 is 2.24 bits per heavy atom. The van der Waals surface area contributed by atoms with Gasteiger partial charge < -0.3 is 25.3 Å². The first-order valence-corrected chi connectivity index (χ1v) is 6.36. The summed E-state index contributed by atoms with van der Waals surface area (Å²) < 4.78 is 10.1. The van der Waals surface area contributed by atoms with E-state index in [2.05, 4.69) is 10.1 Å². The molecule has 0 spiro atoms. The van der Waals surface area contributed by atoms with Crippen LogP contribution >= 0.6 is 0 Å². The average Bonchev–Trinajstić information content (AvgIpc) is 2.53. The monoisotopic (exact) mass is 296 g/mol. The summed E-state index contributed by atoms with van der Waals surface area (Å²) in [6, 6.07) is 1.59. The molecule has 0 aromatic carbocycles. The molecule has 1 heterocycles. The number of methoxy groups -OCH3 is 2. The van der Waals surface area contributed by atoms with E-state index < -0.39 is 0 Å². The van der Waals surface area contributed by atoms with Crippen LogP contribution in [0.3, 0.4) is 0 Å². The minimum atomic E-state index is -0.225. The molecular weight excluding hydrogens is 276 g/mol. The van der Waals surface area contributed by atoms with Crippen LogP contribution in [0.2, 0.25) is 0 Å². The maximum absolute atomic E-state index is 12.6. The molecule has 0 aliphatic carbocycles. The molecule has 1 rings (SSSR count). The number of oxime groups is 1. The standard InChI is InChI=1S/C13H20N4O4/c1-20-8-7-17(6-4-12(14)16-19)13(18)10-3-5-15-9-11(10)21-2/h3,5,9,19H,4,6-8H2,1-2H3,(H2,14,16). The highest BCUT2D eigenvalue weighted by atomic mass is 16.5. The van der Waals surface area contributed by atoms with Crippen LogP contribution in [-0.2, 0) is 4.74 Å². The molecule has 8 heteroatoms. The molecule has 0 saturated carbocycles. The molecule has 0 aliphatic heterocycles. The highest BCUT2D eigenvalue weighted by Gasteiger charge is 2.19. The van der Waals surface area contributed by atoms with E-state index in [4.69, 9.17) is 20.4 Å². The number of carbonyl (C=O) groups excluding carboxylic acids is 1. The molecule has 0 unspecified atom stereocenters. The molecule has 0 aliphatic rings. The van der Waals surface area contributed by atoms with Gasteiger partial charge in [-0.1, -0.05) is 5.16 Å². The molecular formula is C13H20N4O4. The quantitative estimate of drug-likeness (QED) is 0.309. The van der Waals surface area contributed by atoms with Crippen molar-refractivity contribution in [1.29, 1.82) is 0 Å². The fourth-order valence-corrected chi connectivity index (χ4v) is 1.71. The maximum atomic E-state index is 12.6. The van der Waals surface area contributed by atoms with Crippen LogP contribution in [0.4, 0.5) is 0 Å². The number of carbonyl (C=O) groups is 1. The molecule has 8 nitrogen and oxygen atoms in total. The van der Waals surface area contributed by atoms with E-state index in [9.17, 15) is 4.79 Å². The second-order valence-corrected chi connectivity index (χ2v) is 4.20. The van der Waals surface area contributed by atoms with Crippen molar-refractivity contribution >= 4 is 11.7 Å². The summed E-state index contributed by atoms with van der Waals surface area (Å²) in [5, 5.41) is 11.5. The summed E-state index contributed by atoms with van der Waals surface area (Å²) in [7, 11) is 3.03. The van der Waals surface area contributed by atoms with Crippen LogP contribution in [0.15, 0.2) is 23.6 Å². The third-order valence-electron chi connectivity index (χ3n) is 2.85. The Morgan fingerprint density at radius 3 is 2.86 bits per heavy atom. The van der Waals surface area contributed by atoms with Crippen molar-refractivity contribution in [3.05, 3.63) is 24.0 Å². The first kappa shape index (κ1) is 16.7. The van der Waals surface area contributed by atoms with Crippen LogP contribution in [0.1, 0.15) is 16.8 Å². The lowest BCUT2D eigenvalue weighted by Crippen LogP contribution is -2.36. The number of amides is 1. The second kappa shape index (κ2) is 8.75. The Balaban J connectivity index is 2.87. The Hall–Kier alpha value is -2.35. The van der Waals surface area contributed by atoms with Crippen molar-refractivity contribution in [2.24, 2.45) is 10.9 Å². The second-order valence-electron chi connectivity index (χ2n) is 4.20. The van der Waals surface area contributed by atoms with Crippen molar-refractivity contribution in [3.63, 3.8) is 0 Å². The molecule has 1 amide bonds. The summed E-state index contributed by atoms with van der Waals surface area (Å²) in [5.41, 5.74) is 5.85. The van der Waals surface area contributed by atoms with Gasteiger partial charge in [0.2, 0.25) is 0 Å². The fraction of sp³-hybridized carbons (Fsp3) is 0.462. The number of ether oxygens (including phenoxy) is 2. The Labute approximate surface area is 123 Å². The lowest BCUT2D eigenvalue weighted by molar-refractivity contribution is 0.0697. The largest absolute Gasteiger partial charge is 0.494 e. The third-order valence-corrected chi connectivity index (χ3v) is 2.85. The Bertz CT molecular complexity index is 493. The van der Waals surface area contributed by atoms with Gasteiger partial charge in [0.05, 0.1) is 25.5 Å². The van der Waals surface area contributed by atoms with Gasteiger partial charge >= 0.3 is 0 Å². The lowest BCUT2D eigenvalue weighted by atomic mass is 10.2. The van der Waals surface area contributed by atoms with Crippen molar-refractivity contribution in [2.45, 2.75) is 6.42 Å². The highest BCUT2D eigenvalue weighted by Crippen LogP contribution is 2.18. The number of amidine groups is 1. The minimum Gasteiger partial charge on any atom is -0.494 e. The Kier molecular flexibility index (Phi) is 6.96. The molecule has 1 aromatic heterocycles. The van der Waals surface area contributed by atoms with Crippen LogP contribution in [0.5, 0.6) is 5.75 Å². The molecule has 0 fully saturated rings. The number of nitrogens with zero attached hydrogens (tertiary/aromatic N) is 3. The third kappa shape index (κ3) is 4.92. The summed E-state index contributed by atoms with van der Waals surface area (Å²) in [5.74, 6) is 0.234. The van der Waals surface area contributed by atoms with Crippen LogP contribution in [-0.4, -0.2) is 60.7 Å². The summed E-state index contributed by atoms with van der Waals surface area (Å²) in [6.45, 7) is 1.08. The van der Waals surface area contributed by atoms with Gasteiger partial charge in [-0.2, -0.15) is 0 Å². The number of nitrogens with two attached hydrogens (primary N) is 1. The number of aromatic nitrogens is 1. The van der Waals surface area contributed by atoms with Gasteiger partial charge in [-0.05, 0) is 6.07 Å². The molecule has 3 N–H and O–H groups in total. The molecule has 0 saturated heterocycles. The summed E-state index contributed by atoms with van der Waals surface area (Å²) in [6.07, 6.45) is 3.26. The predicted octanol–water partition coefficient (Wildman–Crippen LogP) is 0.315. The zero-order chi connectivity index (χ0) is 15.7. The van der Waals surface area contributed by atoms with E-state index in [1.54, 1.807) is 18.1 Å². The van der Waals surface area contributed by atoms with E-state index in [1.807, 2.05) is 0 Å². The van der Waals surface area contributed by atoms with Crippen molar-refractivity contribution < 1.29 is 19.5 Å². The molecule has 0 atom stereocenters. The van der Waals surface area contributed by atoms with Gasteiger partial charge in [-0.3, -0.25) is 9.78 Å². The number of pyridine rings is 1. The molecule has 0 radical (unpaired) electrons. The van der Waals surface area contributed by atoms with Crippen molar-refractivity contribution in [3.8, 4) is 5.75 Å². The maximum Gasteiger partial charge on any atom is 0.257 e. The average molecular weight is 296 g/mol. The summed E-state index contributed by atoms with van der Waals surface area (Å²) in [4.78, 5) is 18.0. The van der Waals surface area contributed by atoms with E-state index >= 15 is 0 Å². The van der Waals surface area contributed by atoms with E-state index in [0.717, 1.165) is 0 Å². The first-order valence-electron chi connectivity index (χ1n) is 6.36. The van der Waals surface area contributed by atoms with E-state index in [0.29, 0.717) is 31.0 Å². The van der Waals surface area contributed by atoms with Gasteiger partial charge in [-0.15, -0.1) is 0 Å². The van der Waals surface area contributed by atoms with Crippen molar-refractivity contribution in [2.75, 3.05) is 33.9 Å². The van der Waals surface area contributed by atoms with Gasteiger partial charge in [0.25, 0.3) is 5.91 Å². The van der Waals surface area contributed by atoms with Gasteiger partial charge in [0, 0.05) is 32.8 Å². The Morgan fingerprint density at radius 1 is 1.48 bits per heavy atom. The SMILES string of the molecule is COCCN(CC/C(N)=N/O)C(=O)c1ccncc1OC. The highest BCUT2D eigenvalue weighted by molar-refractivity contribution is 5.97. The first-order chi connectivity index (χ1) is 10.1. The number of rotatable bonds is 8. The summed E-state index contributed by atoms with van der Waals surface area (Å²) >= 11 is 0. The molecule has 21 heavy (non-hydrogen) atoms. The van der Waals surface area contributed by atoms with Crippen molar-refractivity contribution in [1.82, 2.24) is 9.88 Å². The minimum absolute atomic E-state index is 0.0620.